The molecule has 6 rings (SSSR count). The number of anilines is 4. The molecule has 10 nitrogen and oxygen atoms in total. The number of fused-ring (bicyclic) bond motifs is 1. The SMILES string of the molecule is Cc1c(N2CCC2=O)c(=O)n(C2CCCC2)c2nc(Nc3ccc(N4CCN(C)CC4)cn3)ncc12. The van der Waals surface area contributed by atoms with E-state index in [4.69, 9.17) is 4.98 Å². The third-order valence-electron chi connectivity index (χ3n) is 7.84. The van der Waals surface area contributed by atoms with Gasteiger partial charge in [-0.25, -0.2) is 9.97 Å². The zero-order valence-electron chi connectivity index (χ0n) is 20.9. The number of carbonyl (C=O) groups excluding carboxylic acids is 1. The highest BCUT2D eigenvalue weighted by molar-refractivity contribution is 6.01. The predicted molar refractivity (Wildman–Crippen MR) is 140 cm³/mol. The van der Waals surface area contributed by atoms with Crippen molar-refractivity contribution >= 4 is 40.1 Å². The van der Waals surface area contributed by atoms with Gasteiger partial charge >= 0.3 is 0 Å². The Morgan fingerprint density at radius 1 is 0.972 bits per heavy atom. The number of piperazine rings is 1. The van der Waals surface area contributed by atoms with E-state index in [9.17, 15) is 9.59 Å². The molecule has 2 aliphatic heterocycles. The largest absolute Gasteiger partial charge is 0.368 e. The first-order chi connectivity index (χ1) is 17.5. The third kappa shape index (κ3) is 3.99. The van der Waals surface area contributed by atoms with Gasteiger partial charge in [0.1, 0.15) is 17.2 Å². The van der Waals surface area contributed by atoms with E-state index in [-0.39, 0.29) is 17.5 Å². The Morgan fingerprint density at radius 3 is 2.39 bits per heavy atom. The molecule has 0 aromatic carbocycles. The molecular weight excluding hydrogens is 456 g/mol. The molecular formula is C26H32N8O2. The summed E-state index contributed by atoms with van der Waals surface area (Å²) < 4.78 is 1.81. The van der Waals surface area contributed by atoms with Gasteiger partial charge in [0.05, 0.1) is 11.9 Å². The fraction of sp³-hybridized carbons (Fsp3) is 0.500. The fourth-order valence-corrected chi connectivity index (χ4v) is 5.58. The lowest BCUT2D eigenvalue weighted by atomic mass is 10.1. The monoisotopic (exact) mass is 488 g/mol. The number of hydrogen-bond donors (Lipinski definition) is 1. The summed E-state index contributed by atoms with van der Waals surface area (Å²) in [7, 11) is 2.14. The second kappa shape index (κ2) is 9.16. The molecule has 1 aliphatic carbocycles. The van der Waals surface area contributed by atoms with Crippen LogP contribution >= 0.6 is 0 Å². The van der Waals surface area contributed by atoms with Gasteiger partial charge in [0.25, 0.3) is 5.56 Å². The van der Waals surface area contributed by atoms with Crippen LogP contribution in [0.3, 0.4) is 0 Å². The minimum Gasteiger partial charge on any atom is -0.368 e. The molecule has 0 unspecified atom stereocenters. The van der Waals surface area contributed by atoms with Crippen molar-refractivity contribution in [2.24, 2.45) is 0 Å². The van der Waals surface area contributed by atoms with Gasteiger partial charge < -0.3 is 20.0 Å². The van der Waals surface area contributed by atoms with Crippen LogP contribution in [0.1, 0.15) is 43.7 Å². The quantitative estimate of drug-likeness (QED) is 0.548. The molecule has 2 saturated heterocycles. The second-order valence-electron chi connectivity index (χ2n) is 10.1. The Bertz CT molecular complexity index is 1360. The molecule has 1 saturated carbocycles. The van der Waals surface area contributed by atoms with E-state index >= 15 is 0 Å². The number of nitrogens with one attached hydrogen (secondary N) is 1. The number of likely N-dealkylation sites (N-methyl/N-ethyl adjacent to an activating group) is 1. The summed E-state index contributed by atoms with van der Waals surface area (Å²) in [4.78, 5) is 46.2. The summed E-state index contributed by atoms with van der Waals surface area (Å²) in [5, 5.41) is 4.02. The topological polar surface area (TPSA) is 99.5 Å². The van der Waals surface area contributed by atoms with Gasteiger partial charge in [-0.05, 0) is 44.5 Å². The van der Waals surface area contributed by atoms with E-state index in [2.05, 4.69) is 38.2 Å². The maximum atomic E-state index is 13.7. The van der Waals surface area contributed by atoms with E-state index in [0.717, 1.165) is 68.5 Å². The molecule has 5 heterocycles. The molecule has 3 aromatic heterocycles. The van der Waals surface area contributed by atoms with Crippen LogP contribution in [0.15, 0.2) is 29.3 Å². The normalized spacial score (nSPS) is 19.2. The van der Waals surface area contributed by atoms with Gasteiger partial charge in [-0.15, -0.1) is 0 Å². The van der Waals surface area contributed by atoms with Crippen LogP contribution < -0.4 is 20.7 Å². The Morgan fingerprint density at radius 2 is 1.75 bits per heavy atom. The molecule has 3 fully saturated rings. The molecule has 188 valence electrons. The lowest BCUT2D eigenvalue weighted by Gasteiger charge is -2.33. The van der Waals surface area contributed by atoms with E-state index in [1.165, 1.54) is 0 Å². The minimum atomic E-state index is -0.126. The Balaban J connectivity index is 1.34. The third-order valence-corrected chi connectivity index (χ3v) is 7.84. The Hall–Kier alpha value is -3.53. The van der Waals surface area contributed by atoms with Crippen molar-refractivity contribution in [1.29, 1.82) is 0 Å². The molecule has 0 atom stereocenters. The van der Waals surface area contributed by atoms with Gasteiger partial charge in [-0.1, -0.05) is 12.8 Å². The standard InChI is InChI=1S/C26H32N8O2/c1-17-20-16-28-26(29-21-8-7-19(15-27-21)32-13-11-31(2)12-14-32)30-24(20)34(18-5-3-4-6-18)25(36)23(17)33-10-9-22(33)35/h7-8,15-16,18H,3-6,9-14H2,1-2H3,(H,27,28,29,30). The minimum absolute atomic E-state index is 0.00202. The van der Waals surface area contributed by atoms with Crippen molar-refractivity contribution in [2.75, 3.05) is 54.9 Å². The highest BCUT2D eigenvalue weighted by Gasteiger charge is 2.33. The lowest BCUT2D eigenvalue weighted by Crippen LogP contribution is -2.47. The number of aryl methyl sites for hydroxylation is 1. The maximum absolute atomic E-state index is 13.7. The molecule has 1 amide bonds. The van der Waals surface area contributed by atoms with Gasteiger partial charge in [0, 0.05) is 56.8 Å². The van der Waals surface area contributed by atoms with Crippen LogP contribution in [0.25, 0.3) is 11.0 Å². The van der Waals surface area contributed by atoms with Crippen LogP contribution in [-0.2, 0) is 4.79 Å². The van der Waals surface area contributed by atoms with Gasteiger partial charge in [0.15, 0.2) is 0 Å². The Kier molecular flexibility index (Phi) is 5.83. The van der Waals surface area contributed by atoms with Crippen LogP contribution in [0, 0.1) is 6.92 Å². The number of β-lactam (4-membered cyclic amide) rings is 1. The van der Waals surface area contributed by atoms with Crippen molar-refractivity contribution in [3.63, 3.8) is 0 Å². The van der Waals surface area contributed by atoms with Crippen LogP contribution in [0.4, 0.5) is 23.1 Å². The average Bonchev–Trinajstić information content (AvgIpc) is 3.41. The number of pyridine rings is 2. The van der Waals surface area contributed by atoms with Crippen molar-refractivity contribution in [1.82, 2.24) is 24.4 Å². The van der Waals surface area contributed by atoms with Gasteiger partial charge in [0.2, 0.25) is 11.9 Å². The maximum Gasteiger partial charge on any atom is 0.276 e. The van der Waals surface area contributed by atoms with Crippen LogP contribution in [-0.4, -0.2) is 70.1 Å². The highest BCUT2D eigenvalue weighted by atomic mass is 16.2. The fourth-order valence-electron chi connectivity index (χ4n) is 5.58. The number of nitrogens with zero attached hydrogens (tertiary/aromatic N) is 7. The molecule has 1 N–H and O–H groups in total. The Labute approximate surface area is 210 Å². The average molecular weight is 489 g/mol. The number of aromatic nitrogens is 4. The number of carbonyl (C=O) groups is 1. The number of amides is 1. The van der Waals surface area contributed by atoms with E-state index in [1.807, 2.05) is 23.8 Å². The lowest BCUT2D eigenvalue weighted by molar-refractivity contribution is -0.122. The summed E-state index contributed by atoms with van der Waals surface area (Å²) in [6.45, 7) is 6.53. The summed E-state index contributed by atoms with van der Waals surface area (Å²) in [5.41, 5.74) is 2.84. The van der Waals surface area contributed by atoms with Crippen molar-refractivity contribution in [2.45, 2.75) is 45.1 Å². The molecule has 10 heteroatoms. The summed E-state index contributed by atoms with van der Waals surface area (Å²) in [6, 6.07) is 4.09. The number of rotatable bonds is 5. The second-order valence-corrected chi connectivity index (χ2v) is 10.1. The summed E-state index contributed by atoms with van der Waals surface area (Å²) in [5.74, 6) is 1.06. The van der Waals surface area contributed by atoms with Crippen molar-refractivity contribution in [3.8, 4) is 0 Å². The highest BCUT2D eigenvalue weighted by Crippen LogP contribution is 2.34. The molecule has 3 aliphatic rings. The van der Waals surface area contributed by atoms with Crippen molar-refractivity contribution in [3.05, 3.63) is 40.4 Å². The smallest absolute Gasteiger partial charge is 0.276 e. The first-order valence-electron chi connectivity index (χ1n) is 12.9. The van der Waals surface area contributed by atoms with Crippen LogP contribution in [0.5, 0.6) is 0 Å². The van der Waals surface area contributed by atoms with Crippen LogP contribution in [0.2, 0.25) is 0 Å². The molecule has 0 bridgehead atoms. The molecule has 36 heavy (non-hydrogen) atoms. The van der Waals surface area contributed by atoms with Gasteiger partial charge in [-0.2, -0.15) is 4.98 Å². The number of hydrogen-bond acceptors (Lipinski definition) is 8. The van der Waals surface area contributed by atoms with Crippen molar-refractivity contribution < 1.29 is 4.79 Å². The summed E-state index contributed by atoms with van der Waals surface area (Å²) >= 11 is 0. The first kappa shape index (κ1) is 22.9. The van der Waals surface area contributed by atoms with E-state index in [1.54, 1.807) is 11.1 Å². The molecule has 0 radical (unpaired) electrons. The first-order valence-corrected chi connectivity index (χ1v) is 12.9. The zero-order valence-corrected chi connectivity index (χ0v) is 20.9. The van der Waals surface area contributed by atoms with E-state index < -0.39 is 0 Å². The van der Waals surface area contributed by atoms with E-state index in [0.29, 0.717) is 36.1 Å². The summed E-state index contributed by atoms with van der Waals surface area (Å²) in [6.07, 6.45) is 8.18. The predicted octanol–water partition coefficient (Wildman–Crippen LogP) is 2.84. The molecule has 0 spiro atoms. The zero-order chi connectivity index (χ0) is 24.8. The molecule has 3 aromatic rings. The van der Waals surface area contributed by atoms with Gasteiger partial charge in [-0.3, -0.25) is 14.2 Å².